The zero-order valence-electron chi connectivity index (χ0n) is 11.9. The van der Waals surface area contributed by atoms with E-state index in [4.69, 9.17) is 5.73 Å². The summed E-state index contributed by atoms with van der Waals surface area (Å²) in [5.41, 5.74) is 5.51. The Hall–Kier alpha value is -1.56. The van der Waals surface area contributed by atoms with Gasteiger partial charge in [-0.05, 0) is 31.4 Å². The molecule has 0 aliphatic carbocycles. The van der Waals surface area contributed by atoms with Gasteiger partial charge in [0.25, 0.3) is 0 Å². The van der Waals surface area contributed by atoms with Crippen LogP contribution in [0.25, 0.3) is 0 Å². The number of benzene rings is 1. The summed E-state index contributed by atoms with van der Waals surface area (Å²) in [4.78, 5) is 14.0. The molecule has 6 heteroatoms. The van der Waals surface area contributed by atoms with E-state index in [9.17, 15) is 18.0 Å². The fourth-order valence-electron chi connectivity index (χ4n) is 2.71. The summed E-state index contributed by atoms with van der Waals surface area (Å²) < 4.78 is 38.0. The van der Waals surface area contributed by atoms with E-state index in [1.807, 2.05) is 6.92 Å². The van der Waals surface area contributed by atoms with Crippen LogP contribution in [0.1, 0.15) is 30.9 Å². The molecule has 0 radical (unpaired) electrons. The van der Waals surface area contributed by atoms with Gasteiger partial charge in [0.05, 0.1) is 12.0 Å². The van der Waals surface area contributed by atoms with Gasteiger partial charge in [-0.1, -0.05) is 18.2 Å². The maximum Gasteiger partial charge on any atom is 0.416 e. The van der Waals surface area contributed by atoms with Gasteiger partial charge < -0.3 is 10.6 Å². The van der Waals surface area contributed by atoms with Crippen molar-refractivity contribution in [2.24, 2.45) is 5.73 Å². The van der Waals surface area contributed by atoms with Crippen molar-refractivity contribution in [1.82, 2.24) is 4.90 Å². The van der Waals surface area contributed by atoms with Crippen molar-refractivity contribution in [3.05, 3.63) is 35.4 Å². The molecule has 1 aliphatic heterocycles. The quantitative estimate of drug-likeness (QED) is 0.912. The van der Waals surface area contributed by atoms with Gasteiger partial charge in [0.2, 0.25) is 5.91 Å². The van der Waals surface area contributed by atoms with Crippen molar-refractivity contribution in [1.29, 1.82) is 0 Å². The van der Waals surface area contributed by atoms with Gasteiger partial charge in [-0.3, -0.25) is 4.79 Å². The van der Waals surface area contributed by atoms with E-state index < -0.39 is 11.7 Å². The number of piperidine rings is 1. The summed E-state index contributed by atoms with van der Waals surface area (Å²) in [5.74, 6) is -0.145. The van der Waals surface area contributed by atoms with Crippen LogP contribution in [0, 0.1) is 0 Å². The maximum absolute atomic E-state index is 12.7. The molecular formula is C15H19F3N2O. The number of amides is 1. The first-order valence-electron chi connectivity index (χ1n) is 6.98. The molecule has 3 nitrogen and oxygen atoms in total. The minimum Gasteiger partial charge on any atom is -0.340 e. The molecule has 0 saturated carbocycles. The predicted molar refractivity (Wildman–Crippen MR) is 73.5 cm³/mol. The molecule has 2 rings (SSSR count). The summed E-state index contributed by atoms with van der Waals surface area (Å²) in [6, 6.07) is 5.06. The highest BCUT2D eigenvalue weighted by atomic mass is 19.4. The van der Waals surface area contributed by atoms with Crippen LogP contribution in [0.3, 0.4) is 0 Å². The number of nitrogens with zero attached hydrogens (tertiary/aromatic N) is 1. The summed E-state index contributed by atoms with van der Waals surface area (Å²) in [6.07, 6.45) is -2.93. The van der Waals surface area contributed by atoms with E-state index >= 15 is 0 Å². The smallest absolute Gasteiger partial charge is 0.340 e. The van der Waals surface area contributed by atoms with E-state index in [0.29, 0.717) is 12.1 Å². The van der Waals surface area contributed by atoms with Gasteiger partial charge in [0.15, 0.2) is 0 Å². The van der Waals surface area contributed by atoms with Crippen molar-refractivity contribution in [3.8, 4) is 0 Å². The molecule has 116 valence electrons. The van der Waals surface area contributed by atoms with E-state index in [2.05, 4.69) is 0 Å². The van der Waals surface area contributed by atoms with Crippen LogP contribution in [-0.2, 0) is 17.4 Å². The highest BCUT2D eigenvalue weighted by Gasteiger charge is 2.31. The first kappa shape index (κ1) is 15.8. The summed E-state index contributed by atoms with van der Waals surface area (Å²) in [7, 11) is 0. The second-order valence-corrected chi connectivity index (χ2v) is 5.60. The first-order chi connectivity index (χ1) is 9.77. The third kappa shape index (κ3) is 3.97. The van der Waals surface area contributed by atoms with E-state index in [-0.39, 0.29) is 24.4 Å². The van der Waals surface area contributed by atoms with Crippen LogP contribution in [0.15, 0.2) is 24.3 Å². The standard InChI is InChI=1S/C15H19F3N2O/c1-10-7-13(19)5-6-20(10)14(21)9-11-3-2-4-12(8-11)15(16,17)18/h2-4,8,10,13H,5-7,9,19H2,1H3/t10-,13+/m0/s1. The number of carbonyl (C=O) groups excluding carboxylic acids is 1. The lowest BCUT2D eigenvalue weighted by Crippen LogP contribution is -2.48. The molecule has 1 heterocycles. The molecule has 1 amide bonds. The number of hydrogen-bond acceptors (Lipinski definition) is 2. The topological polar surface area (TPSA) is 46.3 Å². The van der Waals surface area contributed by atoms with Crippen molar-refractivity contribution in [2.45, 2.75) is 44.4 Å². The van der Waals surface area contributed by atoms with Crippen LogP contribution in [-0.4, -0.2) is 29.4 Å². The minimum atomic E-state index is -4.38. The van der Waals surface area contributed by atoms with Gasteiger partial charge in [0, 0.05) is 18.6 Å². The van der Waals surface area contributed by atoms with Crippen LogP contribution < -0.4 is 5.73 Å². The van der Waals surface area contributed by atoms with E-state index in [0.717, 1.165) is 25.0 Å². The van der Waals surface area contributed by atoms with Crippen LogP contribution in [0.4, 0.5) is 13.2 Å². The third-order valence-electron chi connectivity index (χ3n) is 3.85. The molecule has 0 bridgehead atoms. The lowest BCUT2D eigenvalue weighted by atomic mass is 9.98. The summed E-state index contributed by atoms with van der Waals surface area (Å²) in [6.45, 7) is 2.49. The van der Waals surface area contributed by atoms with Gasteiger partial charge in [-0.25, -0.2) is 0 Å². The molecule has 0 aromatic heterocycles. The molecule has 0 unspecified atom stereocenters. The Morgan fingerprint density at radius 2 is 2.14 bits per heavy atom. The van der Waals surface area contributed by atoms with E-state index in [1.165, 1.54) is 6.07 Å². The van der Waals surface area contributed by atoms with Gasteiger partial charge >= 0.3 is 6.18 Å². The third-order valence-corrected chi connectivity index (χ3v) is 3.85. The Labute approximate surface area is 121 Å². The monoisotopic (exact) mass is 300 g/mol. The Morgan fingerprint density at radius 3 is 2.76 bits per heavy atom. The van der Waals surface area contributed by atoms with Crippen molar-refractivity contribution in [3.63, 3.8) is 0 Å². The normalized spacial score (nSPS) is 23.2. The number of hydrogen-bond donors (Lipinski definition) is 1. The Balaban J connectivity index is 2.06. The summed E-state index contributed by atoms with van der Waals surface area (Å²) in [5, 5.41) is 0. The second kappa shape index (κ2) is 6.05. The molecule has 21 heavy (non-hydrogen) atoms. The van der Waals surface area contributed by atoms with Crippen molar-refractivity contribution < 1.29 is 18.0 Å². The molecule has 2 atom stereocenters. The second-order valence-electron chi connectivity index (χ2n) is 5.60. The first-order valence-corrected chi connectivity index (χ1v) is 6.98. The molecule has 1 aliphatic rings. The minimum absolute atomic E-state index is 0.0104. The van der Waals surface area contributed by atoms with E-state index in [1.54, 1.807) is 11.0 Å². The van der Waals surface area contributed by atoms with Crippen LogP contribution in [0.5, 0.6) is 0 Å². The van der Waals surface area contributed by atoms with Crippen LogP contribution in [0.2, 0.25) is 0 Å². The molecule has 1 fully saturated rings. The number of carbonyl (C=O) groups is 1. The Kier molecular flexibility index (Phi) is 4.56. The Bertz CT molecular complexity index is 516. The largest absolute Gasteiger partial charge is 0.416 e. The number of likely N-dealkylation sites (tertiary alicyclic amines) is 1. The average Bonchev–Trinajstić information content (AvgIpc) is 2.37. The fourth-order valence-corrected chi connectivity index (χ4v) is 2.71. The maximum atomic E-state index is 12.7. The van der Waals surface area contributed by atoms with Crippen molar-refractivity contribution >= 4 is 5.91 Å². The Morgan fingerprint density at radius 1 is 1.43 bits per heavy atom. The van der Waals surface area contributed by atoms with Gasteiger partial charge in [0.1, 0.15) is 0 Å². The molecule has 2 N–H and O–H groups in total. The SMILES string of the molecule is C[C@H]1C[C@H](N)CCN1C(=O)Cc1cccc(C(F)(F)F)c1. The lowest BCUT2D eigenvalue weighted by Gasteiger charge is -2.36. The molecule has 1 saturated heterocycles. The zero-order chi connectivity index (χ0) is 15.6. The predicted octanol–water partition coefficient (Wildman–Crippen LogP) is 2.59. The van der Waals surface area contributed by atoms with Gasteiger partial charge in [-0.15, -0.1) is 0 Å². The highest BCUT2D eigenvalue weighted by molar-refractivity contribution is 5.79. The number of nitrogens with two attached hydrogens (primary N) is 1. The van der Waals surface area contributed by atoms with Crippen LogP contribution >= 0.6 is 0 Å². The molecule has 1 aromatic carbocycles. The molecule has 0 spiro atoms. The highest BCUT2D eigenvalue weighted by Crippen LogP contribution is 2.29. The molecular weight excluding hydrogens is 281 g/mol. The van der Waals surface area contributed by atoms with Gasteiger partial charge in [-0.2, -0.15) is 13.2 Å². The fraction of sp³-hybridized carbons (Fsp3) is 0.533. The van der Waals surface area contributed by atoms with Crippen molar-refractivity contribution in [2.75, 3.05) is 6.54 Å². The number of halogens is 3. The lowest BCUT2D eigenvalue weighted by molar-refractivity contribution is -0.138. The summed E-state index contributed by atoms with van der Waals surface area (Å²) >= 11 is 0. The number of alkyl halides is 3. The number of rotatable bonds is 2. The zero-order valence-corrected chi connectivity index (χ0v) is 11.9. The average molecular weight is 300 g/mol. The molecule has 1 aromatic rings.